The highest BCUT2D eigenvalue weighted by atomic mass is 16.3. The molecule has 0 radical (unpaired) electrons. The number of rotatable bonds is 15. The van der Waals surface area contributed by atoms with Crippen LogP contribution in [0.2, 0.25) is 0 Å². The van der Waals surface area contributed by atoms with Crippen LogP contribution in [0.3, 0.4) is 0 Å². The van der Waals surface area contributed by atoms with Crippen LogP contribution in [0, 0.1) is 0 Å². The minimum Gasteiger partial charge on any atom is -0.387 e. The van der Waals surface area contributed by atoms with Gasteiger partial charge in [0.1, 0.15) is 12.6 Å². The largest absolute Gasteiger partial charge is 0.387 e. The van der Waals surface area contributed by atoms with E-state index in [1.807, 2.05) is 0 Å². The molecule has 0 aromatic carbocycles. The summed E-state index contributed by atoms with van der Waals surface area (Å²) in [6.45, 7) is 6.46. The van der Waals surface area contributed by atoms with Crippen molar-refractivity contribution in [3.63, 3.8) is 0 Å². The molecule has 0 spiro atoms. The normalized spacial score (nSPS) is 13.6. The van der Waals surface area contributed by atoms with Crippen molar-refractivity contribution >= 4 is 0 Å². The molecule has 0 aromatic heterocycles. The van der Waals surface area contributed by atoms with Crippen LogP contribution in [-0.4, -0.2) is 42.9 Å². The maximum absolute atomic E-state index is 10.0. The van der Waals surface area contributed by atoms with Crippen LogP contribution in [0.5, 0.6) is 0 Å². The minimum atomic E-state index is -0.112. The minimum absolute atomic E-state index is 0.112. The Morgan fingerprint density at radius 3 is 1.57 bits per heavy atom. The second-order valence-electron chi connectivity index (χ2n) is 7.41. The van der Waals surface area contributed by atoms with E-state index in [1.54, 1.807) is 0 Å². The van der Waals surface area contributed by atoms with Crippen LogP contribution in [0.4, 0.5) is 0 Å². The zero-order valence-corrected chi connectivity index (χ0v) is 15.4. The summed E-state index contributed by atoms with van der Waals surface area (Å²) in [5.41, 5.74) is 0. The Bertz CT molecular complexity index is 216. The number of nitrogens with zero attached hydrogens (tertiary/aromatic N) is 1. The summed E-state index contributed by atoms with van der Waals surface area (Å²) in [6, 6.07) is 0. The summed E-state index contributed by atoms with van der Waals surface area (Å²) in [5, 5.41) is 10.0. The van der Waals surface area contributed by atoms with Gasteiger partial charge < -0.3 is 9.59 Å². The van der Waals surface area contributed by atoms with E-state index in [9.17, 15) is 5.11 Å². The third-order valence-electron chi connectivity index (χ3n) is 4.70. The Morgan fingerprint density at radius 2 is 1.14 bits per heavy atom. The third kappa shape index (κ3) is 14.6. The van der Waals surface area contributed by atoms with Gasteiger partial charge in [-0.25, -0.2) is 0 Å². The Morgan fingerprint density at radius 1 is 0.714 bits per heavy atom. The predicted molar refractivity (Wildman–Crippen MR) is 94.6 cm³/mol. The van der Waals surface area contributed by atoms with Crippen molar-refractivity contribution in [2.45, 2.75) is 97.0 Å². The standard InChI is InChI=1S/C19H42NO/c1-5-7-8-9-10-11-12-13-14-15-16-17-19(21)18-20(3,4)6-2/h19,21H,5-18H2,1-4H3/q+1. The summed E-state index contributed by atoms with van der Waals surface area (Å²) < 4.78 is 0.930. The highest BCUT2D eigenvalue weighted by Gasteiger charge is 2.17. The lowest BCUT2D eigenvalue weighted by Crippen LogP contribution is -2.45. The molecule has 0 fully saturated rings. The van der Waals surface area contributed by atoms with Crippen molar-refractivity contribution in [1.82, 2.24) is 0 Å². The number of quaternary nitrogens is 1. The molecule has 0 rings (SSSR count). The lowest BCUT2D eigenvalue weighted by atomic mass is 10.0. The molecule has 1 N–H and O–H groups in total. The van der Waals surface area contributed by atoms with E-state index in [4.69, 9.17) is 0 Å². The average molecular weight is 301 g/mol. The van der Waals surface area contributed by atoms with E-state index in [2.05, 4.69) is 27.9 Å². The molecule has 2 heteroatoms. The summed E-state index contributed by atoms with van der Waals surface area (Å²) in [4.78, 5) is 0. The maximum atomic E-state index is 10.0. The number of hydrogen-bond donors (Lipinski definition) is 1. The molecule has 2 nitrogen and oxygen atoms in total. The first kappa shape index (κ1) is 20.9. The van der Waals surface area contributed by atoms with E-state index in [0.717, 1.165) is 24.0 Å². The number of unbranched alkanes of at least 4 members (excludes halogenated alkanes) is 10. The van der Waals surface area contributed by atoms with Crippen LogP contribution in [0.15, 0.2) is 0 Å². The molecule has 1 unspecified atom stereocenters. The fourth-order valence-corrected chi connectivity index (χ4v) is 2.84. The van der Waals surface area contributed by atoms with Gasteiger partial charge in [-0.3, -0.25) is 0 Å². The van der Waals surface area contributed by atoms with Crippen LogP contribution >= 0.6 is 0 Å². The van der Waals surface area contributed by atoms with Crippen LogP contribution < -0.4 is 0 Å². The van der Waals surface area contributed by atoms with E-state index in [1.165, 1.54) is 70.6 Å². The fraction of sp³-hybridized carbons (Fsp3) is 1.00. The Hall–Kier alpha value is -0.0800. The molecule has 0 aliphatic heterocycles. The molecule has 21 heavy (non-hydrogen) atoms. The Balaban J connectivity index is 3.25. The van der Waals surface area contributed by atoms with Crippen LogP contribution in [0.25, 0.3) is 0 Å². The van der Waals surface area contributed by atoms with Crippen molar-refractivity contribution < 1.29 is 9.59 Å². The molecular weight excluding hydrogens is 258 g/mol. The topological polar surface area (TPSA) is 20.2 Å². The van der Waals surface area contributed by atoms with Crippen molar-refractivity contribution in [2.75, 3.05) is 27.2 Å². The van der Waals surface area contributed by atoms with Gasteiger partial charge in [-0.1, -0.05) is 77.6 Å². The van der Waals surface area contributed by atoms with Crippen molar-refractivity contribution in [3.8, 4) is 0 Å². The third-order valence-corrected chi connectivity index (χ3v) is 4.70. The Kier molecular flexibility index (Phi) is 13.5. The molecule has 128 valence electrons. The molecule has 0 heterocycles. The van der Waals surface area contributed by atoms with Gasteiger partial charge in [0.25, 0.3) is 0 Å². The highest BCUT2D eigenvalue weighted by Crippen LogP contribution is 2.13. The van der Waals surface area contributed by atoms with Gasteiger partial charge in [0.15, 0.2) is 0 Å². The summed E-state index contributed by atoms with van der Waals surface area (Å²) in [6.07, 6.45) is 16.0. The SMILES string of the molecule is CCCCCCCCCCCCCC(O)C[N+](C)(C)CC. The molecule has 0 bridgehead atoms. The fourth-order valence-electron chi connectivity index (χ4n) is 2.84. The van der Waals surface area contributed by atoms with Gasteiger partial charge in [-0.15, -0.1) is 0 Å². The predicted octanol–water partition coefficient (Wildman–Crippen LogP) is 5.14. The molecule has 0 saturated carbocycles. The maximum Gasteiger partial charge on any atom is 0.105 e. The van der Waals surface area contributed by atoms with Gasteiger partial charge >= 0.3 is 0 Å². The van der Waals surface area contributed by atoms with E-state index < -0.39 is 0 Å². The molecule has 0 aliphatic rings. The summed E-state index contributed by atoms with van der Waals surface area (Å²) in [5.74, 6) is 0. The van der Waals surface area contributed by atoms with Crippen LogP contribution in [0.1, 0.15) is 90.9 Å². The van der Waals surface area contributed by atoms with Gasteiger partial charge in [-0.2, -0.15) is 0 Å². The number of hydrogen-bond acceptors (Lipinski definition) is 1. The van der Waals surface area contributed by atoms with Crippen LogP contribution in [-0.2, 0) is 0 Å². The van der Waals surface area contributed by atoms with Gasteiger partial charge in [0.2, 0.25) is 0 Å². The van der Waals surface area contributed by atoms with Gasteiger partial charge in [0, 0.05) is 0 Å². The van der Waals surface area contributed by atoms with Crippen molar-refractivity contribution in [1.29, 1.82) is 0 Å². The van der Waals surface area contributed by atoms with E-state index in [-0.39, 0.29) is 6.10 Å². The first-order valence-corrected chi connectivity index (χ1v) is 9.52. The molecule has 0 aliphatic carbocycles. The smallest absolute Gasteiger partial charge is 0.105 e. The number of likely N-dealkylation sites (N-methyl/N-ethyl adjacent to an activating group) is 1. The van der Waals surface area contributed by atoms with Gasteiger partial charge in [0.05, 0.1) is 20.6 Å². The second kappa shape index (κ2) is 13.6. The second-order valence-corrected chi connectivity index (χ2v) is 7.41. The first-order chi connectivity index (χ1) is 10.0. The van der Waals surface area contributed by atoms with E-state index in [0.29, 0.717) is 0 Å². The molecule has 0 saturated heterocycles. The zero-order chi connectivity index (χ0) is 16.0. The molecule has 0 aromatic rings. The monoisotopic (exact) mass is 300 g/mol. The lowest BCUT2D eigenvalue weighted by Gasteiger charge is -2.30. The summed E-state index contributed by atoms with van der Waals surface area (Å²) in [7, 11) is 4.40. The first-order valence-electron chi connectivity index (χ1n) is 9.52. The Labute approximate surface area is 134 Å². The molecule has 0 amide bonds. The zero-order valence-electron chi connectivity index (χ0n) is 15.4. The average Bonchev–Trinajstić information content (AvgIpc) is 2.44. The van der Waals surface area contributed by atoms with E-state index >= 15 is 0 Å². The highest BCUT2D eigenvalue weighted by molar-refractivity contribution is 4.55. The van der Waals surface area contributed by atoms with Crippen molar-refractivity contribution in [2.24, 2.45) is 0 Å². The quantitative estimate of drug-likeness (QED) is 0.328. The molecule has 1 atom stereocenters. The number of aliphatic hydroxyl groups is 1. The summed E-state index contributed by atoms with van der Waals surface area (Å²) >= 11 is 0. The van der Waals surface area contributed by atoms with Crippen molar-refractivity contribution in [3.05, 3.63) is 0 Å². The lowest BCUT2D eigenvalue weighted by molar-refractivity contribution is -0.891. The molecular formula is C19H42NO+. The van der Waals surface area contributed by atoms with Gasteiger partial charge in [-0.05, 0) is 13.3 Å². The number of aliphatic hydroxyl groups excluding tert-OH is 1.